The van der Waals surface area contributed by atoms with Crippen LogP contribution in [-0.2, 0) is 33.7 Å². The maximum atomic E-state index is 15.3. The van der Waals surface area contributed by atoms with Crippen LogP contribution in [-0.4, -0.2) is 8.42 Å². The first-order chi connectivity index (χ1) is 23.9. The molecule has 0 heterocycles. The van der Waals surface area contributed by atoms with E-state index in [9.17, 15) is 34.8 Å². The maximum Gasteiger partial charge on any atom is 0.416 e. The van der Waals surface area contributed by atoms with Crippen LogP contribution in [0.15, 0.2) is 97.1 Å². The van der Waals surface area contributed by atoms with Crippen molar-refractivity contribution in [3.63, 3.8) is 0 Å². The summed E-state index contributed by atoms with van der Waals surface area (Å²) >= 11 is 0. The normalized spacial score (nSPS) is 15.1. The molecule has 2 aliphatic carbocycles. The molecule has 51 heavy (non-hydrogen) atoms. The SMILES string of the molecule is O=S(=O)(Cc1c(F)cc(C2=CCC=C2c2ccc(C(F)(F)F)cc2)cc1F)Cc1c(F)cc(C2=CCC=C2c2ccc(C(F)(F)F)cc2)cc1F. The topological polar surface area (TPSA) is 34.1 Å². The highest BCUT2D eigenvalue weighted by molar-refractivity contribution is 7.89. The van der Waals surface area contributed by atoms with Crippen molar-refractivity contribution in [3.05, 3.63) is 165 Å². The Bertz CT molecular complexity index is 2060. The molecule has 2 nitrogen and oxygen atoms in total. The van der Waals surface area contributed by atoms with Crippen LogP contribution in [0, 0.1) is 23.3 Å². The predicted octanol–water partition coefficient (Wildman–Crippen LogP) is 11.1. The van der Waals surface area contributed by atoms with Crippen molar-refractivity contribution >= 4 is 32.1 Å². The van der Waals surface area contributed by atoms with Crippen LogP contribution >= 0.6 is 0 Å². The van der Waals surface area contributed by atoms with Gasteiger partial charge in [0.15, 0.2) is 9.84 Å². The van der Waals surface area contributed by atoms with Crippen LogP contribution < -0.4 is 0 Å². The van der Waals surface area contributed by atoms with Crippen LogP contribution in [0.25, 0.3) is 22.3 Å². The fourth-order valence-electron chi connectivity index (χ4n) is 6.08. The quantitative estimate of drug-likeness (QED) is 0.169. The molecule has 4 aromatic carbocycles. The number of benzene rings is 4. The molecule has 0 radical (unpaired) electrons. The monoisotopic (exact) mass is 734 g/mol. The Morgan fingerprint density at radius 1 is 0.451 bits per heavy atom. The lowest BCUT2D eigenvalue weighted by Gasteiger charge is -2.15. The third kappa shape index (κ3) is 7.58. The summed E-state index contributed by atoms with van der Waals surface area (Å²) in [5, 5.41) is 0. The Morgan fingerprint density at radius 3 is 1.00 bits per heavy atom. The third-order valence-electron chi connectivity index (χ3n) is 8.55. The van der Waals surface area contributed by atoms with E-state index in [0.29, 0.717) is 46.3 Å². The summed E-state index contributed by atoms with van der Waals surface area (Å²) in [4.78, 5) is 0. The molecule has 0 unspecified atom stereocenters. The minimum Gasteiger partial charge on any atom is -0.228 e. The lowest BCUT2D eigenvalue weighted by molar-refractivity contribution is -0.138. The van der Waals surface area contributed by atoms with Crippen molar-refractivity contribution in [3.8, 4) is 0 Å². The number of halogens is 10. The average Bonchev–Trinajstić information content (AvgIpc) is 3.75. The summed E-state index contributed by atoms with van der Waals surface area (Å²) < 4.78 is 165. The molecule has 0 atom stereocenters. The second kappa shape index (κ2) is 13.3. The highest BCUT2D eigenvalue weighted by Gasteiger charge is 2.32. The minimum atomic E-state index is -4.58. The molecule has 0 fully saturated rings. The Morgan fingerprint density at radius 2 is 0.725 bits per heavy atom. The van der Waals surface area contributed by atoms with Crippen molar-refractivity contribution in [2.24, 2.45) is 0 Å². The van der Waals surface area contributed by atoms with Gasteiger partial charge in [-0.25, -0.2) is 26.0 Å². The second-order valence-electron chi connectivity index (χ2n) is 12.0. The minimum absolute atomic E-state index is 0.00778. The summed E-state index contributed by atoms with van der Waals surface area (Å²) in [5.74, 6) is -7.48. The molecule has 0 spiro atoms. The molecule has 0 saturated carbocycles. The lowest BCUT2D eigenvalue weighted by Crippen LogP contribution is -2.13. The molecule has 0 aliphatic heterocycles. The van der Waals surface area contributed by atoms with Crippen LogP contribution in [0.5, 0.6) is 0 Å². The van der Waals surface area contributed by atoms with E-state index in [-0.39, 0.29) is 11.1 Å². The molecule has 13 heteroatoms. The van der Waals surface area contributed by atoms with E-state index in [2.05, 4.69) is 0 Å². The van der Waals surface area contributed by atoms with E-state index in [1.54, 1.807) is 24.3 Å². The maximum absolute atomic E-state index is 15.3. The zero-order chi connectivity index (χ0) is 36.9. The van der Waals surface area contributed by atoms with Gasteiger partial charge in [-0.15, -0.1) is 0 Å². The Balaban J connectivity index is 1.19. The lowest BCUT2D eigenvalue weighted by atomic mass is 9.93. The van der Waals surface area contributed by atoms with Gasteiger partial charge in [-0.3, -0.25) is 0 Å². The predicted molar refractivity (Wildman–Crippen MR) is 173 cm³/mol. The molecule has 0 N–H and O–H groups in total. The molecule has 0 amide bonds. The molecule has 0 aromatic heterocycles. The largest absolute Gasteiger partial charge is 0.416 e. The van der Waals surface area contributed by atoms with Crippen LogP contribution in [0.1, 0.15) is 57.3 Å². The highest BCUT2D eigenvalue weighted by Crippen LogP contribution is 2.41. The highest BCUT2D eigenvalue weighted by atomic mass is 32.2. The van der Waals surface area contributed by atoms with Crippen molar-refractivity contribution in [2.75, 3.05) is 0 Å². The van der Waals surface area contributed by atoms with Gasteiger partial charge >= 0.3 is 12.4 Å². The summed E-state index contributed by atoms with van der Waals surface area (Å²) in [5.41, 5.74) is -1.24. The molecule has 0 bridgehead atoms. The first-order valence-electron chi connectivity index (χ1n) is 15.2. The molecule has 4 aromatic rings. The third-order valence-corrected chi connectivity index (χ3v) is 10.0. The fraction of sp³-hybridized carbons (Fsp3) is 0.158. The Kier molecular flexibility index (Phi) is 9.38. The van der Waals surface area contributed by atoms with Crippen LogP contribution in [0.2, 0.25) is 0 Å². The van der Waals surface area contributed by atoms with Gasteiger partial charge in [-0.05, 0) is 106 Å². The van der Waals surface area contributed by atoms with Crippen molar-refractivity contribution in [2.45, 2.75) is 36.7 Å². The van der Waals surface area contributed by atoms with Crippen molar-refractivity contribution < 1.29 is 52.3 Å². The zero-order valence-electron chi connectivity index (χ0n) is 26.1. The van der Waals surface area contributed by atoms with E-state index in [1.807, 2.05) is 0 Å². The second-order valence-corrected chi connectivity index (χ2v) is 14.0. The van der Waals surface area contributed by atoms with Gasteiger partial charge < -0.3 is 0 Å². The van der Waals surface area contributed by atoms with Crippen molar-refractivity contribution in [1.82, 2.24) is 0 Å². The van der Waals surface area contributed by atoms with E-state index in [4.69, 9.17) is 0 Å². The van der Waals surface area contributed by atoms with Gasteiger partial charge in [0, 0.05) is 11.1 Å². The molecular formula is C38H24F10O2S. The molecule has 264 valence electrons. The van der Waals surface area contributed by atoms with Gasteiger partial charge in [-0.1, -0.05) is 48.6 Å². The number of allylic oxidation sites excluding steroid dienone is 8. The number of hydrogen-bond acceptors (Lipinski definition) is 2. The van der Waals surface area contributed by atoms with Crippen molar-refractivity contribution in [1.29, 1.82) is 0 Å². The summed E-state index contributed by atoms with van der Waals surface area (Å²) in [6.45, 7) is 0. The van der Waals surface area contributed by atoms with E-state index in [1.165, 1.54) is 24.3 Å². The molecule has 2 aliphatic rings. The van der Waals surface area contributed by atoms with Gasteiger partial charge in [0.25, 0.3) is 0 Å². The van der Waals surface area contributed by atoms with Gasteiger partial charge in [0.2, 0.25) is 0 Å². The van der Waals surface area contributed by atoms with Crippen LogP contribution in [0.3, 0.4) is 0 Å². The van der Waals surface area contributed by atoms with Gasteiger partial charge in [0.05, 0.1) is 22.6 Å². The summed E-state index contributed by atoms with van der Waals surface area (Å²) in [6, 6.07) is 12.0. The standard InChI is InChI=1S/C38H24F10O2S/c39-33-15-23(29-5-1-3-27(29)21-7-11-25(12-8-21)37(43,44)45)16-34(40)31(33)19-51(49,50)20-32-35(41)17-24(18-36(32)42)30-6-2-4-28(30)22-9-13-26(14-10-22)38(46,47)48/h3-18H,1-2,19-20H2. The zero-order valence-corrected chi connectivity index (χ0v) is 26.9. The first-order valence-corrected chi connectivity index (χ1v) is 17.1. The first kappa shape index (κ1) is 35.9. The van der Waals surface area contributed by atoms with E-state index >= 15 is 17.6 Å². The smallest absolute Gasteiger partial charge is 0.228 e. The summed E-state index contributed by atoms with van der Waals surface area (Å²) in [6.07, 6.45) is -1.92. The molecule has 6 rings (SSSR count). The van der Waals surface area contributed by atoms with E-state index in [0.717, 1.165) is 48.5 Å². The number of rotatable bonds is 8. The summed E-state index contributed by atoms with van der Waals surface area (Å²) in [7, 11) is -4.58. The van der Waals surface area contributed by atoms with Gasteiger partial charge in [0.1, 0.15) is 23.3 Å². The van der Waals surface area contributed by atoms with E-state index < -0.39 is 79.2 Å². The number of sulfone groups is 1. The number of alkyl halides is 6. The van der Waals surface area contributed by atoms with Gasteiger partial charge in [-0.2, -0.15) is 26.3 Å². The Labute approximate surface area is 285 Å². The van der Waals surface area contributed by atoms with Crippen LogP contribution in [0.4, 0.5) is 43.9 Å². The average molecular weight is 735 g/mol. The fourth-order valence-corrected chi connectivity index (χ4v) is 7.62. The number of hydrogen-bond donors (Lipinski definition) is 0. The Hall–Kier alpha value is -4.91. The molecule has 0 saturated heterocycles. The molecular weight excluding hydrogens is 710 g/mol.